The SMILES string of the molecule is CNCc1nnc(NCCOc2ccc(C)c(C)c2)o1. The summed E-state index contributed by atoms with van der Waals surface area (Å²) in [5.41, 5.74) is 2.49. The molecule has 1 aromatic carbocycles. The van der Waals surface area contributed by atoms with Crippen LogP contribution in [0.5, 0.6) is 5.75 Å². The highest BCUT2D eigenvalue weighted by molar-refractivity contribution is 5.33. The van der Waals surface area contributed by atoms with Gasteiger partial charge < -0.3 is 19.8 Å². The minimum atomic E-state index is 0.416. The normalized spacial score (nSPS) is 10.6. The number of ether oxygens (including phenoxy) is 1. The molecule has 0 unspecified atom stereocenters. The number of benzene rings is 1. The van der Waals surface area contributed by atoms with Gasteiger partial charge in [-0.25, -0.2) is 0 Å². The van der Waals surface area contributed by atoms with Crippen LogP contribution in [0.2, 0.25) is 0 Å². The summed E-state index contributed by atoms with van der Waals surface area (Å²) in [5, 5.41) is 13.7. The lowest BCUT2D eigenvalue weighted by molar-refractivity contribution is 0.331. The molecule has 0 bridgehead atoms. The molecular formula is C14H20N4O2. The smallest absolute Gasteiger partial charge is 0.315 e. The molecule has 0 aliphatic rings. The van der Waals surface area contributed by atoms with Crippen molar-refractivity contribution in [3.8, 4) is 5.75 Å². The molecule has 0 saturated carbocycles. The summed E-state index contributed by atoms with van der Waals surface area (Å²) in [6.07, 6.45) is 0. The van der Waals surface area contributed by atoms with E-state index in [1.165, 1.54) is 11.1 Å². The zero-order valence-electron chi connectivity index (χ0n) is 12.1. The first-order valence-corrected chi connectivity index (χ1v) is 6.60. The summed E-state index contributed by atoms with van der Waals surface area (Å²) >= 11 is 0. The Labute approximate surface area is 118 Å². The van der Waals surface area contributed by atoms with Crippen molar-refractivity contribution in [3.63, 3.8) is 0 Å². The Bertz CT molecular complexity index is 554. The first-order valence-electron chi connectivity index (χ1n) is 6.60. The van der Waals surface area contributed by atoms with E-state index in [0.717, 1.165) is 5.75 Å². The van der Waals surface area contributed by atoms with Crippen LogP contribution in [0.4, 0.5) is 6.01 Å². The van der Waals surface area contributed by atoms with Gasteiger partial charge in [-0.2, -0.15) is 0 Å². The first-order chi connectivity index (χ1) is 9.69. The predicted molar refractivity (Wildman–Crippen MR) is 77.0 cm³/mol. The van der Waals surface area contributed by atoms with E-state index >= 15 is 0 Å². The van der Waals surface area contributed by atoms with Gasteiger partial charge >= 0.3 is 6.01 Å². The van der Waals surface area contributed by atoms with Crippen molar-refractivity contribution in [1.82, 2.24) is 15.5 Å². The molecule has 2 N–H and O–H groups in total. The van der Waals surface area contributed by atoms with Crippen LogP contribution in [-0.4, -0.2) is 30.4 Å². The molecule has 0 amide bonds. The summed E-state index contributed by atoms with van der Waals surface area (Å²) in [5.74, 6) is 1.43. The predicted octanol–water partition coefficient (Wildman–Crippen LogP) is 1.90. The standard InChI is InChI=1S/C14H20N4O2/c1-10-4-5-12(8-11(10)2)19-7-6-16-14-18-17-13(20-14)9-15-3/h4-5,8,15H,6-7,9H2,1-3H3,(H,16,18). The Balaban J connectivity index is 1.74. The van der Waals surface area contributed by atoms with Crippen molar-refractivity contribution in [3.05, 3.63) is 35.2 Å². The second-order valence-electron chi connectivity index (χ2n) is 4.55. The topological polar surface area (TPSA) is 72.2 Å². The molecule has 2 aromatic rings. The van der Waals surface area contributed by atoms with Gasteiger partial charge in [-0.05, 0) is 44.2 Å². The third kappa shape index (κ3) is 3.96. The van der Waals surface area contributed by atoms with Crippen LogP contribution < -0.4 is 15.4 Å². The maximum atomic E-state index is 5.65. The number of aryl methyl sites for hydroxylation is 2. The van der Waals surface area contributed by atoms with Crippen LogP contribution in [0, 0.1) is 13.8 Å². The summed E-state index contributed by atoms with van der Waals surface area (Å²) in [6.45, 7) is 5.86. The van der Waals surface area contributed by atoms with Crippen molar-refractivity contribution in [2.75, 3.05) is 25.5 Å². The monoisotopic (exact) mass is 276 g/mol. The molecule has 0 radical (unpaired) electrons. The van der Waals surface area contributed by atoms with Crippen LogP contribution >= 0.6 is 0 Å². The highest BCUT2D eigenvalue weighted by Gasteiger charge is 2.04. The Kier molecular flexibility index (Phi) is 4.95. The molecule has 0 fully saturated rings. The second-order valence-corrected chi connectivity index (χ2v) is 4.55. The van der Waals surface area contributed by atoms with Crippen LogP contribution in [0.15, 0.2) is 22.6 Å². The molecule has 1 aromatic heterocycles. The van der Waals surface area contributed by atoms with E-state index in [1.807, 2.05) is 19.2 Å². The highest BCUT2D eigenvalue weighted by Crippen LogP contribution is 2.16. The molecule has 6 nitrogen and oxygen atoms in total. The lowest BCUT2D eigenvalue weighted by atomic mass is 10.1. The summed E-state index contributed by atoms with van der Waals surface area (Å²) in [6, 6.07) is 6.48. The average Bonchev–Trinajstić information content (AvgIpc) is 2.87. The van der Waals surface area contributed by atoms with Crippen LogP contribution in [0.3, 0.4) is 0 Å². The van der Waals surface area contributed by atoms with Crippen molar-refractivity contribution < 1.29 is 9.15 Å². The van der Waals surface area contributed by atoms with Crippen molar-refractivity contribution in [2.24, 2.45) is 0 Å². The third-order valence-corrected chi connectivity index (χ3v) is 2.92. The number of anilines is 1. The maximum Gasteiger partial charge on any atom is 0.315 e. The van der Waals surface area contributed by atoms with Crippen molar-refractivity contribution in [1.29, 1.82) is 0 Å². The lowest BCUT2D eigenvalue weighted by Crippen LogP contribution is -2.11. The highest BCUT2D eigenvalue weighted by atomic mass is 16.5. The Morgan fingerprint density at radius 1 is 1.20 bits per heavy atom. The molecule has 0 atom stereocenters. The van der Waals surface area contributed by atoms with E-state index in [2.05, 4.69) is 40.7 Å². The number of aromatic nitrogens is 2. The summed E-state index contributed by atoms with van der Waals surface area (Å²) in [4.78, 5) is 0. The number of nitrogens with one attached hydrogen (secondary N) is 2. The fourth-order valence-corrected chi connectivity index (χ4v) is 1.68. The molecule has 108 valence electrons. The van der Waals surface area contributed by atoms with E-state index in [9.17, 15) is 0 Å². The fraction of sp³-hybridized carbons (Fsp3) is 0.429. The molecule has 0 saturated heterocycles. The minimum absolute atomic E-state index is 0.416. The first kappa shape index (κ1) is 14.3. The number of hydrogen-bond acceptors (Lipinski definition) is 6. The van der Waals surface area contributed by atoms with Gasteiger partial charge in [0.1, 0.15) is 12.4 Å². The van der Waals surface area contributed by atoms with Gasteiger partial charge in [-0.15, -0.1) is 5.10 Å². The molecule has 0 aliphatic carbocycles. The van der Waals surface area contributed by atoms with Crippen LogP contribution in [0.1, 0.15) is 17.0 Å². The zero-order valence-corrected chi connectivity index (χ0v) is 12.1. The molecule has 0 spiro atoms. The molecule has 20 heavy (non-hydrogen) atoms. The Morgan fingerprint density at radius 3 is 2.80 bits per heavy atom. The van der Waals surface area contributed by atoms with Gasteiger partial charge in [0.05, 0.1) is 13.1 Å². The largest absolute Gasteiger partial charge is 0.492 e. The fourth-order valence-electron chi connectivity index (χ4n) is 1.68. The molecular weight excluding hydrogens is 256 g/mol. The molecule has 2 rings (SSSR count). The Morgan fingerprint density at radius 2 is 2.05 bits per heavy atom. The van der Waals surface area contributed by atoms with Crippen molar-refractivity contribution >= 4 is 6.01 Å². The number of hydrogen-bond donors (Lipinski definition) is 2. The second kappa shape index (κ2) is 6.91. The van der Waals surface area contributed by atoms with E-state index in [0.29, 0.717) is 31.6 Å². The summed E-state index contributed by atoms with van der Waals surface area (Å²) in [7, 11) is 1.83. The van der Waals surface area contributed by atoms with E-state index in [-0.39, 0.29) is 0 Å². The third-order valence-electron chi connectivity index (χ3n) is 2.92. The van der Waals surface area contributed by atoms with Crippen molar-refractivity contribution in [2.45, 2.75) is 20.4 Å². The van der Waals surface area contributed by atoms with Gasteiger partial charge in [0, 0.05) is 0 Å². The zero-order chi connectivity index (χ0) is 14.4. The van der Waals surface area contributed by atoms with E-state index < -0.39 is 0 Å². The van der Waals surface area contributed by atoms with E-state index in [1.54, 1.807) is 0 Å². The molecule has 0 aliphatic heterocycles. The maximum absolute atomic E-state index is 5.65. The molecule has 1 heterocycles. The van der Waals surface area contributed by atoms with Gasteiger partial charge in [-0.1, -0.05) is 11.2 Å². The quantitative estimate of drug-likeness (QED) is 0.753. The lowest BCUT2D eigenvalue weighted by Gasteiger charge is -2.08. The Hall–Kier alpha value is -2.08. The summed E-state index contributed by atoms with van der Waals surface area (Å²) < 4.78 is 11.0. The van der Waals surface area contributed by atoms with Crippen LogP contribution in [0.25, 0.3) is 0 Å². The number of nitrogens with zero attached hydrogens (tertiary/aromatic N) is 2. The van der Waals surface area contributed by atoms with Gasteiger partial charge in [0.15, 0.2) is 0 Å². The minimum Gasteiger partial charge on any atom is -0.492 e. The van der Waals surface area contributed by atoms with Gasteiger partial charge in [0.2, 0.25) is 5.89 Å². The van der Waals surface area contributed by atoms with Gasteiger partial charge in [0.25, 0.3) is 0 Å². The average molecular weight is 276 g/mol. The number of rotatable bonds is 7. The van der Waals surface area contributed by atoms with Crippen LogP contribution in [-0.2, 0) is 6.54 Å². The van der Waals surface area contributed by atoms with E-state index in [4.69, 9.17) is 9.15 Å². The van der Waals surface area contributed by atoms with Gasteiger partial charge in [-0.3, -0.25) is 0 Å². The molecule has 6 heteroatoms.